The number of nitrogens with two attached hydrogens (primary N) is 1. The summed E-state index contributed by atoms with van der Waals surface area (Å²) < 4.78 is 0. The molecule has 1 aliphatic heterocycles. The quantitative estimate of drug-likeness (QED) is 0.842. The third kappa shape index (κ3) is 2.78. The van der Waals surface area contributed by atoms with Crippen molar-refractivity contribution in [2.24, 2.45) is 16.6 Å². The van der Waals surface area contributed by atoms with Crippen LogP contribution in [-0.4, -0.2) is 18.5 Å². The maximum absolute atomic E-state index is 6.13. The molecular formula is C16H22ClN3. The maximum Gasteiger partial charge on any atom is 0.196 e. The highest BCUT2D eigenvalue weighted by atomic mass is 35.5. The van der Waals surface area contributed by atoms with Crippen LogP contribution in [-0.2, 0) is 0 Å². The second kappa shape index (κ2) is 6.04. The van der Waals surface area contributed by atoms with Crippen molar-refractivity contribution in [3.8, 4) is 0 Å². The smallest absolute Gasteiger partial charge is 0.196 e. The zero-order chi connectivity index (χ0) is 13.9. The minimum atomic E-state index is 0.409. The van der Waals surface area contributed by atoms with Crippen molar-refractivity contribution in [3.05, 3.63) is 29.3 Å². The highest BCUT2D eigenvalue weighted by molar-refractivity contribution is 6.30. The van der Waals surface area contributed by atoms with Gasteiger partial charge in [-0.15, -0.1) is 0 Å². The molecule has 4 heteroatoms. The molecule has 20 heavy (non-hydrogen) atoms. The molecule has 108 valence electrons. The third-order valence-corrected chi connectivity index (χ3v) is 4.78. The summed E-state index contributed by atoms with van der Waals surface area (Å²) in [5.74, 6) is 1.34. The molecule has 0 aromatic heterocycles. The number of anilines is 1. The molecule has 0 saturated heterocycles. The van der Waals surface area contributed by atoms with E-state index in [9.17, 15) is 0 Å². The number of guanidine groups is 1. The van der Waals surface area contributed by atoms with Gasteiger partial charge in [0.2, 0.25) is 0 Å². The Labute approximate surface area is 125 Å². The summed E-state index contributed by atoms with van der Waals surface area (Å²) >= 11 is 6.12. The first-order valence-electron chi connectivity index (χ1n) is 7.60. The Hall–Kier alpha value is -1.22. The molecular weight excluding hydrogens is 270 g/mol. The van der Waals surface area contributed by atoms with E-state index < -0.39 is 0 Å². The minimum Gasteiger partial charge on any atom is -0.370 e. The van der Waals surface area contributed by atoms with E-state index in [1.54, 1.807) is 0 Å². The van der Waals surface area contributed by atoms with Crippen LogP contribution >= 0.6 is 11.6 Å². The molecule has 1 unspecified atom stereocenters. The molecule has 1 aromatic carbocycles. The molecule has 1 fully saturated rings. The largest absolute Gasteiger partial charge is 0.370 e. The molecule has 0 bridgehead atoms. The number of hydrogen-bond donors (Lipinski definition) is 1. The summed E-state index contributed by atoms with van der Waals surface area (Å²) in [6, 6.07) is 8.34. The van der Waals surface area contributed by atoms with E-state index >= 15 is 0 Å². The maximum atomic E-state index is 6.13. The van der Waals surface area contributed by atoms with Gasteiger partial charge in [-0.25, -0.2) is 0 Å². The molecule has 3 nitrogen and oxygen atoms in total. The van der Waals surface area contributed by atoms with E-state index in [-0.39, 0.29) is 0 Å². The van der Waals surface area contributed by atoms with Gasteiger partial charge in [-0.3, -0.25) is 4.99 Å². The SMILES string of the molecule is NC1=NCC(C2CCCCCC2)N1c1cccc(Cl)c1. The van der Waals surface area contributed by atoms with Gasteiger partial charge in [0.1, 0.15) is 0 Å². The molecule has 1 saturated carbocycles. The molecule has 0 amide bonds. The Morgan fingerprint density at radius 3 is 2.60 bits per heavy atom. The zero-order valence-electron chi connectivity index (χ0n) is 11.8. The number of halogens is 1. The van der Waals surface area contributed by atoms with Gasteiger partial charge < -0.3 is 10.6 Å². The second-order valence-corrected chi connectivity index (χ2v) is 6.30. The monoisotopic (exact) mass is 291 g/mol. The van der Waals surface area contributed by atoms with Gasteiger partial charge in [-0.05, 0) is 37.0 Å². The third-order valence-electron chi connectivity index (χ3n) is 4.55. The standard InChI is InChI=1S/C16H22ClN3/c17-13-8-5-9-14(10-13)20-15(11-19-16(20)18)12-6-3-1-2-4-7-12/h5,8-10,12,15H,1-4,6-7,11H2,(H2,18,19). The van der Waals surface area contributed by atoms with Crippen LogP contribution in [0.5, 0.6) is 0 Å². The summed E-state index contributed by atoms with van der Waals surface area (Å²) in [7, 11) is 0. The Kier molecular flexibility index (Phi) is 4.16. The lowest BCUT2D eigenvalue weighted by Gasteiger charge is -2.32. The number of rotatable bonds is 2. The van der Waals surface area contributed by atoms with Crippen LogP contribution in [0.1, 0.15) is 38.5 Å². The van der Waals surface area contributed by atoms with Crippen molar-refractivity contribution < 1.29 is 0 Å². The van der Waals surface area contributed by atoms with Crippen molar-refractivity contribution in [1.82, 2.24) is 0 Å². The van der Waals surface area contributed by atoms with Gasteiger partial charge in [0.25, 0.3) is 0 Å². The van der Waals surface area contributed by atoms with Crippen molar-refractivity contribution in [3.63, 3.8) is 0 Å². The Balaban J connectivity index is 1.84. The Morgan fingerprint density at radius 2 is 1.90 bits per heavy atom. The van der Waals surface area contributed by atoms with Gasteiger partial charge in [-0.1, -0.05) is 43.4 Å². The summed E-state index contributed by atoms with van der Waals surface area (Å²) in [6.07, 6.45) is 8.01. The Morgan fingerprint density at radius 1 is 1.15 bits per heavy atom. The molecule has 0 radical (unpaired) electrons. The first kappa shape index (κ1) is 13.7. The highest BCUT2D eigenvalue weighted by Gasteiger charge is 2.34. The fourth-order valence-corrected chi connectivity index (χ4v) is 3.70. The summed E-state index contributed by atoms with van der Waals surface area (Å²) in [6.45, 7) is 0.822. The van der Waals surface area contributed by atoms with Crippen LogP contribution in [0.4, 0.5) is 5.69 Å². The number of benzene rings is 1. The average Bonchev–Trinajstić information content (AvgIpc) is 2.65. The number of nitrogens with zero attached hydrogens (tertiary/aromatic N) is 2. The lowest BCUT2D eigenvalue weighted by atomic mass is 9.91. The van der Waals surface area contributed by atoms with Gasteiger partial charge in [0.15, 0.2) is 5.96 Å². The van der Waals surface area contributed by atoms with Crippen LogP contribution in [0.25, 0.3) is 0 Å². The normalized spacial score (nSPS) is 24.6. The van der Waals surface area contributed by atoms with E-state index in [0.29, 0.717) is 17.9 Å². The predicted molar refractivity (Wildman–Crippen MR) is 85.4 cm³/mol. The zero-order valence-corrected chi connectivity index (χ0v) is 12.5. The fraction of sp³-hybridized carbons (Fsp3) is 0.562. The first-order chi connectivity index (χ1) is 9.75. The summed E-state index contributed by atoms with van der Waals surface area (Å²) in [4.78, 5) is 6.68. The van der Waals surface area contributed by atoms with Gasteiger partial charge >= 0.3 is 0 Å². The van der Waals surface area contributed by atoms with Crippen molar-refractivity contribution >= 4 is 23.2 Å². The Bertz CT molecular complexity index is 492. The molecule has 0 spiro atoms. The predicted octanol–water partition coefficient (Wildman–Crippen LogP) is 3.81. The lowest BCUT2D eigenvalue weighted by molar-refractivity contribution is 0.389. The minimum absolute atomic E-state index is 0.409. The van der Waals surface area contributed by atoms with Crippen LogP contribution < -0.4 is 10.6 Å². The molecule has 1 heterocycles. The van der Waals surface area contributed by atoms with Crippen molar-refractivity contribution in [2.75, 3.05) is 11.4 Å². The lowest BCUT2D eigenvalue weighted by Crippen LogP contribution is -2.44. The van der Waals surface area contributed by atoms with Crippen LogP contribution in [0, 0.1) is 5.92 Å². The highest BCUT2D eigenvalue weighted by Crippen LogP contribution is 2.33. The number of aliphatic imine (C=N–C) groups is 1. The molecule has 1 aliphatic carbocycles. The van der Waals surface area contributed by atoms with Crippen LogP contribution in [0.3, 0.4) is 0 Å². The number of hydrogen-bond acceptors (Lipinski definition) is 3. The van der Waals surface area contributed by atoms with E-state index in [2.05, 4.69) is 16.0 Å². The van der Waals surface area contributed by atoms with Crippen LogP contribution in [0.15, 0.2) is 29.3 Å². The molecule has 3 rings (SSSR count). The second-order valence-electron chi connectivity index (χ2n) is 5.87. The fourth-order valence-electron chi connectivity index (χ4n) is 3.52. The van der Waals surface area contributed by atoms with Gasteiger partial charge in [0, 0.05) is 10.7 Å². The average molecular weight is 292 g/mol. The van der Waals surface area contributed by atoms with E-state index in [4.69, 9.17) is 17.3 Å². The van der Waals surface area contributed by atoms with E-state index in [1.807, 2.05) is 18.2 Å². The first-order valence-corrected chi connectivity index (χ1v) is 7.98. The molecule has 2 N–H and O–H groups in total. The van der Waals surface area contributed by atoms with E-state index in [1.165, 1.54) is 38.5 Å². The van der Waals surface area contributed by atoms with Crippen LogP contribution in [0.2, 0.25) is 5.02 Å². The molecule has 1 aromatic rings. The van der Waals surface area contributed by atoms with E-state index in [0.717, 1.165) is 17.3 Å². The van der Waals surface area contributed by atoms with Gasteiger partial charge in [-0.2, -0.15) is 0 Å². The summed E-state index contributed by atoms with van der Waals surface area (Å²) in [5.41, 5.74) is 7.20. The van der Waals surface area contributed by atoms with Crippen molar-refractivity contribution in [2.45, 2.75) is 44.6 Å². The van der Waals surface area contributed by atoms with Crippen molar-refractivity contribution in [1.29, 1.82) is 0 Å². The topological polar surface area (TPSA) is 41.6 Å². The molecule has 2 aliphatic rings. The molecule has 1 atom stereocenters. The van der Waals surface area contributed by atoms with Gasteiger partial charge in [0.05, 0.1) is 12.6 Å². The summed E-state index contributed by atoms with van der Waals surface area (Å²) in [5, 5.41) is 0.752.